The van der Waals surface area contributed by atoms with Gasteiger partial charge in [0.2, 0.25) is 0 Å². The molecule has 81 heavy (non-hydrogen) atoms. The van der Waals surface area contributed by atoms with Crippen LogP contribution in [0.1, 0.15) is 252 Å². The number of hydrogen-bond donors (Lipinski definition) is 0. The van der Waals surface area contributed by atoms with Gasteiger partial charge in [-0.15, -0.1) is 0 Å². The molecule has 0 spiro atoms. The summed E-state index contributed by atoms with van der Waals surface area (Å²) in [6, 6.07) is 0. The highest BCUT2D eigenvalue weighted by molar-refractivity contribution is 5.71. The van der Waals surface area contributed by atoms with Crippen molar-refractivity contribution in [3.8, 4) is 0 Å². The molecule has 1 unspecified atom stereocenters. The molecular formula is C75H116O6. The second-order valence-corrected chi connectivity index (χ2v) is 20.5. The van der Waals surface area contributed by atoms with Crippen LogP contribution in [-0.2, 0) is 28.6 Å². The quantitative estimate of drug-likeness (QED) is 0.0261. The third-order valence-corrected chi connectivity index (χ3v) is 12.9. The zero-order chi connectivity index (χ0) is 58.5. The molecule has 0 aromatic rings. The van der Waals surface area contributed by atoms with Gasteiger partial charge in [0.15, 0.2) is 6.10 Å². The van der Waals surface area contributed by atoms with Gasteiger partial charge in [0, 0.05) is 19.3 Å². The maximum Gasteiger partial charge on any atom is 0.306 e. The van der Waals surface area contributed by atoms with Crippen molar-refractivity contribution in [3.05, 3.63) is 182 Å². The molecule has 0 saturated heterocycles. The predicted molar refractivity (Wildman–Crippen MR) is 352 cm³/mol. The minimum atomic E-state index is -0.817. The first kappa shape index (κ1) is 75.5. The summed E-state index contributed by atoms with van der Waals surface area (Å²) in [7, 11) is 0. The lowest BCUT2D eigenvalue weighted by Crippen LogP contribution is -2.30. The SMILES string of the molecule is CC/C=C\C/C=C\C/C=C\C/C=C\C/C=C\C/C=C\C/C=C\CCCCCCCC(=O)OCC(COC(=O)CCCCCC/C=C\C/C=C\C/C=C\C/C=C\CC)OC(=O)CCCCCCCC/C=C\C/C=C\C/C=C\C/C=C\CC. The molecule has 6 heteroatoms. The summed E-state index contributed by atoms with van der Waals surface area (Å²) in [6.07, 6.45) is 100. The number of ether oxygens (including phenoxy) is 3. The van der Waals surface area contributed by atoms with E-state index < -0.39 is 6.10 Å². The van der Waals surface area contributed by atoms with Crippen molar-refractivity contribution in [2.24, 2.45) is 0 Å². The van der Waals surface area contributed by atoms with Crippen LogP contribution in [0.5, 0.6) is 0 Å². The molecule has 0 bridgehead atoms. The van der Waals surface area contributed by atoms with Crippen LogP contribution in [0.4, 0.5) is 0 Å². The lowest BCUT2D eigenvalue weighted by atomic mass is 10.1. The van der Waals surface area contributed by atoms with E-state index in [0.29, 0.717) is 19.3 Å². The molecule has 1 atom stereocenters. The Morgan fingerprint density at radius 1 is 0.247 bits per heavy atom. The molecule has 0 aliphatic rings. The van der Waals surface area contributed by atoms with E-state index in [1.165, 1.54) is 12.8 Å². The highest BCUT2D eigenvalue weighted by atomic mass is 16.6. The molecule has 6 nitrogen and oxygen atoms in total. The van der Waals surface area contributed by atoms with Crippen molar-refractivity contribution in [3.63, 3.8) is 0 Å². The van der Waals surface area contributed by atoms with E-state index >= 15 is 0 Å². The lowest BCUT2D eigenvalue weighted by Gasteiger charge is -2.18. The Morgan fingerprint density at radius 2 is 0.444 bits per heavy atom. The minimum absolute atomic E-state index is 0.112. The van der Waals surface area contributed by atoms with Gasteiger partial charge in [0.05, 0.1) is 0 Å². The molecule has 0 amide bonds. The lowest BCUT2D eigenvalue weighted by molar-refractivity contribution is -0.167. The van der Waals surface area contributed by atoms with Crippen LogP contribution in [-0.4, -0.2) is 37.2 Å². The maximum atomic E-state index is 12.9. The Hall–Kier alpha value is -5.49. The maximum absolute atomic E-state index is 12.9. The summed E-state index contributed by atoms with van der Waals surface area (Å²) in [6.45, 7) is 6.24. The molecule has 0 aromatic heterocycles. The van der Waals surface area contributed by atoms with Gasteiger partial charge >= 0.3 is 17.9 Å². The Kier molecular flexibility index (Phi) is 62.5. The fourth-order valence-electron chi connectivity index (χ4n) is 8.17. The monoisotopic (exact) mass is 1110 g/mol. The second-order valence-electron chi connectivity index (χ2n) is 20.5. The highest BCUT2D eigenvalue weighted by Gasteiger charge is 2.19. The molecular weight excluding hydrogens is 997 g/mol. The van der Waals surface area contributed by atoms with Crippen LogP contribution in [0.25, 0.3) is 0 Å². The molecule has 0 fully saturated rings. The highest BCUT2D eigenvalue weighted by Crippen LogP contribution is 2.14. The van der Waals surface area contributed by atoms with Crippen molar-refractivity contribution in [2.45, 2.75) is 258 Å². The molecule has 0 aromatic carbocycles. The fourth-order valence-corrected chi connectivity index (χ4v) is 8.17. The standard InChI is InChI=1S/C75H116O6/c1-4-7-10-13-16-19-22-25-28-31-33-34-35-36-37-38-39-40-42-44-47-50-53-56-59-62-65-68-74(77)80-71-72(70-79-73(76)67-64-61-58-55-52-49-46-43-30-27-24-21-18-15-12-9-6-3)81-75(78)69-66-63-60-57-54-51-48-45-41-32-29-26-23-20-17-14-11-8-5-2/h7-12,16-21,25-30,33-34,36-37,39-41,44-47,49,72H,4-6,13-15,22-24,31-32,35,38,42-43,48,50-71H2,1-3H3/b10-7-,11-8-,12-9-,19-16-,20-17-,21-18-,28-25-,29-26-,30-27-,34-33-,37-36-,40-39-,45-41-,47-44-,49-46-. The zero-order valence-corrected chi connectivity index (χ0v) is 51.7. The van der Waals surface area contributed by atoms with Crippen molar-refractivity contribution in [1.29, 1.82) is 0 Å². The van der Waals surface area contributed by atoms with E-state index in [-0.39, 0.29) is 31.1 Å². The summed E-state index contributed by atoms with van der Waals surface area (Å²) in [5, 5.41) is 0. The molecule has 0 aliphatic carbocycles. The number of hydrogen-bond acceptors (Lipinski definition) is 6. The number of rotatable bonds is 56. The van der Waals surface area contributed by atoms with Crippen LogP contribution in [0.15, 0.2) is 182 Å². The molecule has 0 N–H and O–H groups in total. The van der Waals surface area contributed by atoms with E-state index in [2.05, 4.69) is 203 Å². The Bertz CT molecular complexity index is 1900. The first-order valence-electron chi connectivity index (χ1n) is 32.3. The summed E-state index contributed by atoms with van der Waals surface area (Å²) in [5.74, 6) is -0.973. The minimum Gasteiger partial charge on any atom is -0.462 e. The number of carbonyl (C=O) groups is 3. The van der Waals surface area contributed by atoms with Crippen LogP contribution < -0.4 is 0 Å². The van der Waals surface area contributed by atoms with E-state index in [4.69, 9.17) is 14.2 Å². The largest absolute Gasteiger partial charge is 0.462 e. The summed E-state index contributed by atoms with van der Waals surface area (Å²) in [4.78, 5) is 38.4. The van der Waals surface area contributed by atoms with E-state index in [0.717, 1.165) is 199 Å². The molecule has 0 aliphatic heterocycles. The average molecular weight is 1110 g/mol. The van der Waals surface area contributed by atoms with E-state index in [1.54, 1.807) is 0 Å². The molecule has 0 saturated carbocycles. The second kappa shape index (κ2) is 67.0. The van der Waals surface area contributed by atoms with Crippen molar-refractivity contribution in [1.82, 2.24) is 0 Å². The van der Waals surface area contributed by atoms with E-state index in [1.807, 2.05) is 0 Å². The van der Waals surface area contributed by atoms with Gasteiger partial charge in [-0.1, -0.05) is 261 Å². The summed E-state index contributed by atoms with van der Waals surface area (Å²) in [5.41, 5.74) is 0. The normalized spacial score (nSPS) is 13.4. The number of unbranched alkanes of at least 4 members (excludes halogenated alkanes) is 15. The number of carbonyl (C=O) groups excluding carboxylic acids is 3. The summed E-state index contributed by atoms with van der Waals surface area (Å²) >= 11 is 0. The molecule has 0 radical (unpaired) electrons. The van der Waals surface area contributed by atoms with Gasteiger partial charge in [-0.25, -0.2) is 0 Å². The van der Waals surface area contributed by atoms with Crippen molar-refractivity contribution >= 4 is 17.9 Å². The van der Waals surface area contributed by atoms with Gasteiger partial charge in [-0.05, 0) is 154 Å². The first-order chi connectivity index (χ1) is 40.0. The van der Waals surface area contributed by atoms with Gasteiger partial charge in [0.1, 0.15) is 13.2 Å². The van der Waals surface area contributed by atoms with Gasteiger partial charge in [-0.3, -0.25) is 14.4 Å². The number of esters is 3. The Labute approximate surface area is 497 Å². The van der Waals surface area contributed by atoms with Crippen LogP contribution in [0, 0.1) is 0 Å². The third kappa shape index (κ3) is 65.2. The number of allylic oxidation sites excluding steroid dienone is 30. The van der Waals surface area contributed by atoms with Crippen LogP contribution in [0.3, 0.4) is 0 Å². The van der Waals surface area contributed by atoms with Crippen molar-refractivity contribution < 1.29 is 28.6 Å². The van der Waals surface area contributed by atoms with E-state index in [9.17, 15) is 14.4 Å². The molecule has 452 valence electrons. The van der Waals surface area contributed by atoms with Crippen LogP contribution in [0.2, 0.25) is 0 Å². The van der Waals surface area contributed by atoms with Gasteiger partial charge in [0.25, 0.3) is 0 Å². The van der Waals surface area contributed by atoms with Crippen LogP contribution >= 0.6 is 0 Å². The van der Waals surface area contributed by atoms with Gasteiger partial charge in [-0.2, -0.15) is 0 Å². The van der Waals surface area contributed by atoms with Gasteiger partial charge < -0.3 is 14.2 Å². The zero-order valence-electron chi connectivity index (χ0n) is 51.7. The molecule has 0 heterocycles. The predicted octanol–water partition coefficient (Wildman–Crippen LogP) is 22.4. The topological polar surface area (TPSA) is 78.9 Å². The fraction of sp³-hybridized carbons (Fsp3) is 0.560. The Balaban J connectivity index is 4.51. The summed E-state index contributed by atoms with van der Waals surface area (Å²) < 4.78 is 16.9. The van der Waals surface area contributed by atoms with Crippen molar-refractivity contribution in [2.75, 3.05) is 13.2 Å². The smallest absolute Gasteiger partial charge is 0.306 e. The Morgan fingerprint density at radius 3 is 0.691 bits per heavy atom. The third-order valence-electron chi connectivity index (χ3n) is 12.9. The average Bonchev–Trinajstić information content (AvgIpc) is 3.47. The first-order valence-corrected chi connectivity index (χ1v) is 32.3. The molecule has 0 rings (SSSR count).